The predicted molar refractivity (Wildman–Crippen MR) is 165 cm³/mol. The number of sulfonamides is 1. The van der Waals surface area contributed by atoms with Crippen LogP contribution in [0.5, 0.6) is 0 Å². The first-order valence-corrected chi connectivity index (χ1v) is 15.6. The van der Waals surface area contributed by atoms with E-state index in [0.29, 0.717) is 34.0 Å². The van der Waals surface area contributed by atoms with Gasteiger partial charge in [0.1, 0.15) is 11.6 Å². The number of hydrogen-bond donors (Lipinski definition) is 2. The van der Waals surface area contributed by atoms with Gasteiger partial charge in [0.15, 0.2) is 0 Å². The number of para-hydroxylation sites is 2. The van der Waals surface area contributed by atoms with Gasteiger partial charge in [-0.15, -0.1) is 0 Å². The van der Waals surface area contributed by atoms with Crippen molar-refractivity contribution in [2.45, 2.75) is 70.4 Å². The molecule has 2 aromatic carbocycles. The highest BCUT2D eigenvalue weighted by atomic mass is 35.5. The average molecular weight is 627 g/mol. The Morgan fingerprint density at radius 2 is 1.81 bits per heavy atom. The maximum absolute atomic E-state index is 14.1. The lowest BCUT2D eigenvalue weighted by molar-refractivity contribution is -0.154. The molecule has 3 aromatic rings. The molecule has 0 fully saturated rings. The van der Waals surface area contributed by atoms with Gasteiger partial charge in [-0.25, -0.2) is 8.42 Å². The van der Waals surface area contributed by atoms with Gasteiger partial charge in [0.25, 0.3) is 10.0 Å². The molecule has 0 spiro atoms. The molecule has 1 unspecified atom stereocenters. The Bertz CT molecular complexity index is 1670. The fourth-order valence-corrected chi connectivity index (χ4v) is 6.92. The van der Waals surface area contributed by atoms with Crippen LogP contribution >= 0.6 is 11.6 Å². The van der Waals surface area contributed by atoms with E-state index in [4.69, 9.17) is 16.3 Å². The summed E-state index contributed by atoms with van der Waals surface area (Å²) in [5.41, 5.74) is 2.38. The standard InChI is InChI=1S/C31H35ClN4O6S/c1-19-15-27(20(2)14-23(19)32)43(40,41)36-25-9-7-6-8-24(25)35-30(39)26(36)18-28(37)34-13-11-21-10-12-33-22(16-21)17-29(38)42-31(3,4)5/h6-10,12,14-16,26H,11,13,17-18H2,1-5H3,(H,34,37)(H,35,39). The fourth-order valence-electron chi connectivity index (χ4n) is 4.77. The van der Waals surface area contributed by atoms with E-state index in [9.17, 15) is 22.8 Å². The van der Waals surface area contributed by atoms with Crippen molar-refractivity contribution in [3.63, 3.8) is 0 Å². The van der Waals surface area contributed by atoms with Gasteiger partial charge in [0.05, 0.1) is 34.8 Å². The van der Waals surface area contributed by atoms with E-state index in [2.05, 4.69) is 15.6 Å². The zero-order chi connectivity index (χ0) is 31.5. The summed E-state index contributed by atoms with van der Waals surface area (Å²) in [5.74, 6) is -1.49. The average Bonchev–Trinajstić information content (AvgIpc) is 2.90. The fraction of sp³-hybridized carbons (Fsp3) is 0.355. The minimum absolute atomic E-state index is 0.00387. The topological polar surface area (TPSA) is 135 Å². The van der Waals surface area contributed by atoms with Gasteiger partial charge in [-0.1, -0.05) is 23.7 Å². The quantitative estimate of drug-likeness (QED) is 0.334. The van der Waals surface area contributed by atoms with Gasteiger partial charge in [-0.3, -0.25) is 23.7 Å². The molecule has 1 aliphatic rings. The highest BCUT2D eigenvalue weighted by Gasteiger charge is 2.42. The minimum Gasteiger partial charge on any atom is -0.460 e. The maximum atomic E-state index is 14.1. The normalized spacial score (nSPS) is 15.0. The molecule has 0 saturated carbocycles. The van der Waals surface area contributed by atoms with Gasteiger partial charge in [-0.05, 0) is 94.1 Å². The van der Waals surface area contributed by atoms with E-state index in [1.807, 2.05) is 0 Å². The summed E-state index contributed by atoms with van der Waals surface area (Å²) in [6.07, 6.45) is 1.64. The summed E-state index contributed by atoms with van der Waals surface area (Å²) in [6, 6.07) is 11.8. The van der Waals surface area contributed by atoms with Gasteiger partial charge < -0.3 is 15.4 Å². The summed E-state index contributed by atoms with van der Waals surface area (Å²) < 4.78 is 34.6. The summed E-state index contributed by atoms with van der Waals surface area (Å²) in [7, 11) is -4.27. The van der Waals surface area contributed by atoms with Crippen molar-refractivity contribution in [1.29, 1.82) is 0 Å². The van der Waals surface area contributed by atoms with E-state index in [1.165, 1.54) is 6.07 Å². The highest BCUT2D eigenvalue weighted by Crippen LogP contribution is 2.38. The first-order chi connectivity index (χ1) is 20.2. The Balaban J connectivity index is 1.49. The van der Waals surface area contributed by atoms with Crippen LogP contribution < -0.4 is 14.9 Å². The van der Waals surface area contributed by atoms with Crippen molar-refractivity contribution in [3.05, 3.63) is 82.1 Å². The van der Waals surface area contributed by atoms with Gasteiger partial charge in [0, 0.05) is 17.8 Å². The number of fused-ring (bicyclic) bond motifs is 1. The van der Waals surface area contributed by atoms with Crippen LogP contribution in [0.4, 0.5) is 11.4 Å². The molecule has 0 aliphatic carbocycles. The first kappa shape index (κ1) is 32.0. The third-order valence-electron chi connectivity index (χ3n) is 6.72. The molecule has 10 nitrogen and oxygen atoms in total. The van der Waals surface area contributed by atoms with Gasteiger partial charge in [0.2, 0.25) is 11.8 Å². The van der Waals surface area contributed by atoms with Crippen LogP contribution in [0.3, 0.4) is 0 Å². The zero-order valence-electron chi connectivity index (χ0n) is 24.7. The second-order valence-corrected chi connectivity index (χ2v) is 13.6. The van der Waals surface area contributed by atoms with Crippen LogP contribution in [0.1, 0.15) is 49.6 Å². The number of rotatable bonds is 9. The molecule has 0 radical (unpaired) electrons. The minimum atomic E-state index is -4.27. The molecular weight excluding hydrogens is 592 g/mol. The number of hydrogen-bond acceptors (Lipinski definition) is 7. The molecule has 12 heteroatoms. The molecule has 2 heterocycles. The number of esters is 1. The van der Waals surface area contributed by atoms with Crippen molar-refractivity contribution < 1.29 is 27.5 Å². The molecule has 43 heavy (non-hydrogen) atoms. The Kier molecular flexibility index (Phi) is 9.46. The molecule has 1 atom stereocenters. The number of amides is 2. The van der Waals surface area contributed by atoms with Gasteiger partial charge >= 0.3 is 5.97 Å². The third kappa shape index (κ3) is 7.71. The summed E-state index contributed by atoms with van der Waals surface area (Å²) in [6.45, 7) is 8.94. The van der Waals surface area contributed by atoms with E-state index in [0.717, 1.165) is 9.87 Å². The summed E-state index contributed by atoms with van der Waals surface area (Å²) in [5, 5.41) is 5.94. The van der Waals surface area contributed by atoms with E-state index >= 15 is 0 Å². The Labute approximate surface area is 256 Å². The molecule has 228 valence electrons. The van der Waals surface area contributed by atoms with Crippen molar-refractivity contribution in [1.82, 2.24) is 10.3 Å². The van der Waals surface area contributed by atoms with E-state index < -0.39 is 39.9 Å². The van der Waals surface area contributed by atoms with Crippen molar-refractivity contribution in [2.75, 3.05) is 16.2 Å². The Morgan fingerprint density at radius 3 is 2.53 bits per heavy atom. The molecule has 1 aliphatic heterocycles. The second kappa shape index (κ2) is 12.7. The number of aromatic nitrogens is 1. The summed E-state index contributed by atoms with van der Waals surface area (Å²) in [4.78, 5) is 42.7. The predicted octanol–water partition coefficient (Wildman–Crippen LogP) is 4.50. The molecule has 2 amide bonds. The number of nitrogens with zero attached hydrogens (tertiary/aromatic N) is 2. The summed E-state index contributed by atoms with van der Waals surface area (Å²) >= 11 is 6.22. The number of anilines is 2. The van der Waals surface area contributed by atoms with Crippen molar-refractivity contribution in [3.8, 4) is 0 Å². The molecule has 1 aromatic heterocycles. The highest BCUT2D eigenvalue weighted by molar-refractivity contribution is 7.93. The molecule has 0 saturated heterocycles. The SMILES string of the molecule is Cc1cc(S(=O)(=O)N2c3ccccc3NC(=O)C2CC(=O)NCCc2ccnc(CC(=O)OC(C)(C)C)c2)c(C)cc1Cl. The number of carbonyl (C=O) groups is 3. The molecule has 4 rings (SSSR count). The lowest BCUT2D eigenvalue weighted by Crippen LogP contribution is -2.53. The molecular formula is C31H35ClN4O6S. The van der Waals surface area contributed by atoms with Crippen LogP contribution in [0.2, 0.25) is 5.02 Å². The van der Waals surface area contributed by atoms with Crippen molar-refractivity contribution >= 4 is 50.8 Å². The lowest BCUT2D eigenvalue weighted by atomic mass is 10.1. The number of aryl methyl sites for hydroxylation is 2. The van der Waals surface area contributed by atoms with E-state index in [-0.39, 0.29) is 29.5 Å². The van der Waals surface area contributed by atoms with E-state index in [1.54, 1.807) is 83.3 Å². The third-order valence-corrected chi connectivity index (χ3v) is 9.09. The van der Waals surface area contributed by atoms with Crippen LogP contribution in [-0.4, -0.2) is 49.4 Å². The van der Waals surface area contributed by atoms with Gasteiger partial charge in [-0.2, -0.15) is 0 Å². The first-order valence-electron chi connectivity index (χ1n) is 13.8. The van der Waals surface area contributed by atoms with Crippen LogP contribution in [0, 0.1) is 13.8 Å². The van der Waals surface area contributed by atoms with Crippen LogP contribution in [0.25, 0.3) is 0 Å². The van der Waals surface area contributed by atoms with Crippen molar-refractivity contribution in [2.24, 2.45) is 0 Å². The lowest BCUT2D eigenvalue weighted by Gasteiger charge is -2.37. The number of halogens is 1. The number of pyridine rings is 1. The second-order valence-electron chi connectivity index (χ2n) is 11.4. The number of ether oxygens (including phenoxy) is 1. The Hall–Kier alpha value is -3.96. The molecule has 2 N–H and O–H groups in total. The number of nitrogens with one attached hydrogen (secondary N) is 2. The monoisotopic (exact) mass is 626 g/mol. The maximum Gasteiger partial charge on any atom is 0.312 e. The Morgan fingerprint density at radius 1 is 1.09 bits per heavy atom. The zero-order valence-corrected chi connectivity index (χ0v) is 26.3. The number of benzene rings is 2. The molecule has 0 bridgehead atoms. The van der Waals surface area contributed by atoms with Crippen LogP contribution in [-0.2, 0) is 42.0 Å². The largest absolute Gasteiger partial charge is 0.460 e. The smallest absolute Gasteiger partial charge is 0.312 e. The van der Waals surface area contributed by atoms with Crippen LogP contribution in [0.15, 0.2) is 59.6 Å². The number of carbonyl (C=O) groups excluding carboxylic acids is 3.